The third-order valence-electron chi connectivity index (χ3n) is 3.54. The van der Waals surface area contributed by atoms with Gasteiger partial charge in [-0.1, -0.05) is 71.7 Å². The van der Waals surface area contributed by atoms with Gasteiger partial charge in [0, 0.05) is 5.56 Å². The summed E-state index contributed by atoms with van der Waals surface area (Å²) in [5, 5.41) is 0.160. The molecule has 0 nitrogen and oxygen atoms in total. The average Bonchev–Trinajstić information content (AvgIpc) is 2.48. The number of alkyl halides is 1. The molecule has 0 fully saturated rings. The van der Waals surface area contributed by atoms with Gasteiger partial charge in [0.2, 0.25) is 0 Å². The minimum atomic E-state index is -0.353. The van der Waals surface area contributed by atoms with Gasteiger partial charge in [-0.15, -0.1) is 0 Å². The second-order valence-corrected chi connectivity index (χ2v) is 6.06. The van der Waals surface area contributed by atoms with E-state index in [0.29, 0.717) is 5.56 Å². The van der Waals surface area contributed by atoms with Crippen LogP contribution in [-0.4, -0.2) is 0 Å². The Morgan fingerprint density at radius 2 is 1.80 bits per heavy atom. The summed E-state index contributed by atoms with van der Waals surface area (Å²) < 4.78 is 14.1. The van der Waals surface area contributed by atoms with Gasteiger partial charge in [0.25, 0.3) is 0 Å². The molecular formula is C17H17BrClF. The molecule has 0 radical (unpaired) electrons. The Balaban J connectivity index is 2.43. The summed E-state index contributed by atoms with van der Waals surface area (Å²) in [6.07, 6.45) is 2.00. The molecule has 0 aromatic heterocycles. The highest BCUT2D eigenvalue weighted by molar-refractivity contribution is 9.09. The summed E-state index contributed by atoms with van der Waals surface area (Å²) in [7, 11) is 0. The van der Waals surface area contributed by atoms with Gasteiger partial charge in [0.1, 0.15) is 5.82 Å². The predicted octanol–water partition coefficient (Wildman–Crippen LogP) is 6.09. The number of benzene rings is 2. The summed E-state index contributed by atoms with van der Waals surface area (Å²) in [6, 6.07) is 11.4. The SMILES string of the molecule is CCc1ccc(C(Br)c2cccc(Cl)c2F)cc1CC. The Morgan fingerprint density at radius 1 is 1.10 bits per heavy atom. The molecule has 0 aliphatic rings. The van der Waals surface area contributed by atoms with E-state index in [1.165, 1.54) is 11.1 Å². The van der Waals surface area contributed by atoms with Crippen LogP contribution in [0.5, 0.6) is 0 Å². The van der Waals surface area contributed by atoms with Crippen LogP contribution in [0.15, 0.2) is 36.4 Å². The minimum absolute atomic E-state index is 0.160. The predicted molar refractivity (Wildman–Crippen MR) is 87.4 cm³/mol. The summed E-state index contributed by atoms with van der Waals surface area (Å²) in [4.78, 5) is -0.183. The quantitative estimate of drug-likeness (QED) is 0.582. The number of rotatable bonds is 4. The topological polar surface area (TPSA) is 0 Å². The van der Waals surface area contributed by atoms with E-state index in [0.717, 1.165) is 18.4 Å². The highest BCUT2D eigenvalue weighted by atomic mass is 79.9. The van der Waals surface area contributed by atoms with E-state index < -0.39 is 0 Å². The average molecular weight is 356 g/mol. The molecule has 3 heteroatoms. The third kappa shape index (κ3) is 3.07. The standard InChI is InChI=1S/C17H17BrClF/c1-3-11-8-9-13(10-12(11)4-2)16(18)14-6-5-7-15(19)17(14)20/h5-10,16H,3-4H2,1-2H3. The van der Waals surface area contributed by atoms with Crippen molar-refractivity contribution in [2.24, 2.45) is 0 Å². The molecule has 1 unspecified atom stereocenters. The molecule has 0 heterocycles. The number of hydrogen-bond acceptors (Lipinski definition) is 0. The maximum Gasteiger partial charge on any atom is 0.146 e. The highest BCUT2D eigenvalue weighted by Gasteiger charge is 2.17. The number of hydrogen-bond donors (Lipinski definition) is 0. The Bertz CT molecular complexity index is 610. The molecule has 0 bridgehead atoms. The normalized spacial score (nSPS) is 12.4. The van der Waals surface area contributed by atoms with Crippen molar-refractivity contribution < 1.29 is 4.39 Å². The van der Waals surface area contributed by atoms with Crippen molar-refractivity contribution in [3.05, 3.63) is 69.5 Å². The van der Waals surface area contributed by atoms with Crippen LogP contribution in [0, 0.1) is 5.82 Å². The lowest BCUT2D eigenvalue weighted by atomic mass is 9.96. The fourth-order valence-electron chi connectivity index (χ4n) is 2.37. The van der Waals surface area contributed by atoms with Crippen LogP contribution in [0.4, 0.5) is 4.39 Å². The maximum atomic E-state index is 14.1. The first-order chi connectivity index (χ1) is 9.58. The van der Waals surface area contributed by atoms with Crippen LogP contribution in [0.1, 0.15) is 40.9 Å². The number of aryl methyl sites for hydroxylation is 2. The van der Waals surface area contributed by atoms with Gasteiger partial charge in [-0.05, 0) is 35.6 Å². The van der Waals surface area contributed by atoms with E-state index in [-0.39, 0.29) is 15.7 Å². The maximum absolute atomic E-state index is 14.1. The molecule has 2 aromatic carbocycles. The van der Waals surface area contributed by atoms with Crippen LogP contribution in [-0.2, 0) is 12.8 Å². The molecule has 20 heavy (non-hydrogen) atoms. The zero-order valence-corrected chi connectivity index (χ0v) is 13.9. The van der Waals surface area contributed by atoms with Crippen molar-refractivity contribution >= 4 is 27.5 Å². The molecular weight excluding hydrogens is 339 g/mol. The molecule has 2 rings (SSSR count). The first-order valence-electron chi connectivity index (χ1n) is 6.78. The Morgan fingerprint density at radius 3 is 2.45 bits per heavy atom. The second-order valence-electron chi connectivity index (χ2n) is 4.74. The molecule has 0 aliphatic carbocycles. The molecule has 0 spiro atoms. The van der Waals surface area contributed by atoms with Crippen LogP contribution in [0.2, 0.25) is 5.02 Å². The van der Waals surface area contributed by atoms with E-state index in [2.05, 4.69) is 48.0 Å². The molecule has 1 atom stereocenters. The largest absolute Gasteiger partial charge is 0.205 e. The zero-order valence-electron chi connectivity index (χ0n) is 11.6. The van der Waals surface area contributed by atoms with Crippen molar-refractivity contribution in [2.75, 3.05) is 0 Å². The van der Waals surface area contributed by atoms with Gasteiger partial charge in [-0.2, -0.15) is 0 Å². The first kappa shape index (κ1) is 15.5. The van der Waals surface area contributed by atoms with Gasteiger partial charge >= 0.3 is 0 Å². The van der Waals surface area contributed by atoms with Crippen molar-refractivity contribution in [3.63, 3.8) is 0 Å². The van der Waals surface area contributed by atoms with E-state index in [4.69, 9.17) is 11.6 Å². The van der Waals surface area contributed by atoms with E-state index in [1.807, 2.05) is 0 Å². The Kier molecular flexibility index (Phi) is 5.22. The lowest BCUT2D eigenvalue weighted by molar-refractivity contribution is 0.614. The van der Waals surface area contributed by atoms with E-state index in [1.54, 1.807) is 18.2 Å². The molecule has 2 aromatic rings. The summed E-state index contributed by atoms with van der Waals surface area (Å²) in [6.45, 7) is 4.29. The van der Waals surface area contributed by atoms with Crippen LogP contribution in [0.3, 0.4) is 0 Å². The zero-order chi connectivity index (χ0) is 14.7. The fourth-order valence-corrected chi connectivity index (χ4v) is 3.19. The molecule has 0 saturated heterocycles. The molecule has 0 aliphatic heterocycles. The molecule has 106 valence electrons. The van der Waals surface area contributed by atoms with Crippen molar-refractivity contribution in [1.29, 1.82) is 0 Å². The summed E-state index contributed by atoms with van der Waals surface area (Å²) in [5.41, 5.74) is 4.29. The second kappa shape index (κ2) is 6.73. The molecule has 0 N–H and O–H groups in total. The van der Waals surface area contributed by atoms with Gasteiger partial charge in [0.15, 0.2) is 0 Å². The monoisotopic (exact) mass is 354 g/mol. The van der Waals surface area contributed by atoms with Crippen LogP contribution >= 0.6 is 27.5 Å². The highest BCUT2D eigenvalue weighted by Crippen LogP contribution is 2.35. The third-order valence-corrected chi connectivity index (χ3v) is 4.85. The van der Waals surface area contributed by atoms with Crippen LogP contribution in [0.25, 0.3) is 0 Å². The Hall–Kier alpha value is -0.860. The van der Waals surface area contributed by atoms with Crippen molar-refractivity contribution in [3.8, 4) is 0 Å². The first-order valence-corrected chi connectivity index (χ1v) is 8.07. The lowest BCUT2D eigenvalue weighted by Gasteiger charge is -2.15. The smallest absolute Gasteiger partial charge is 0.146 e. The summed E-state index contributed by atoms with van der Waals surface area (Å²) >= 11 is 9.45. The Labute approximate surface area is 133 Å². The van der Waals surface area contributed by atoms with Crippen LogP contribution < -0.4 is 0 Å². The molecule has 0 saturated carbocycles. The van der Waals surface area contributed by atoms with E-state index >= 15 is 0 Å². The van der Waals surface area contributed by atoms with Gasteiger partial charge in [-0.3, -0.25) is 0 Å². The van der Waals surface area contributed by atoms with Gasteiger partial charge in [-0.25, -0.2) is 4.39 Å². The summed E-state index contributed by atoms with van der Waals surface area (Å²) in [5.74, 6) is -0.353. The van der Waals surface area contributed by atoms with Crippen molar-refractivity contribution in [1.82, 2.24) is 0 Å². The van der Waals surface area contributed by atoms with Gasteiger partial charge < -0.3 is 0 Å². The molecule has 0 amide bonds. The minimum Gasteiger partial charge on any atom is -0.205 e. The van der Waals surface area contributed by atoms with Gasteiger partial charge in [0.05, 0.1) is 9.85 Å². The van der Waals surface area contributed by atoms with E-state index in [9.17, 15) is 4.39 Å². The number of halogens is 3. The van der Waals surface area contributed by atoms with Crippen molar-refractivity contribution in [2.45, 2.75) is 31.5 Å². The lowest BCUT2D eigenvalue weighted by Crippen LogP contribution is -2.00. The fraction of sp³-hybridized carbons (Fsp3) is 0.294.